The van der Waals surface area contributed by atoms with Crippen molar-refractivity contribution < 1.29 is 14.7 Å². The fraction of sp³-hybridized carbons (Fsp3) is 0.300. The van der Waals surface area contributed by atoms with Crippen LogP contribution in [-0.2, 0) is 22.4 Å². The van der Waals surface area contributed by atoms with Crippen LogP contribution in [0.5, 0.6) is 0 Å². The van der Waals surface area contributed by atoms with Gasteiger partial charge in [-0.25, -0.2) is 0 Å². The van der Waals surface area contributed by atoms with Crippen molar-refractivity contribution in [3.05, 3.63) is 71.8 Å². The van der Waals surface area contributed by atoms with E-state index >= 15 is 0 Å². The van der Waals surface area contributed by atoms with E-state index in [4.69, 9.17) is 0 Å². The highest BCUT2D eigenvalue weighted by molar-refractivity contribution is 5.85. The predicted molar refractivity (Wildman–Crippen MR) is 90.3 cm³/mol. The molecule has 3 nitrogen and oxygen atoms in total. The van der Waals surface area contributed by atoms with Crippen molar-refractivity contribution in [2.45, 2.75) is 32.1 Å². The largest absolute Gasteiger partial charge is 0.481 e. The molecule has 1 atom stereocenters. The molecule has 0 aliphatic carbocycles. The first-order chi connectivity index (χ1) is 11.1. The lowest BCUT2D eigenvalue weighted by molar-refractivity contribution is -0.144. The molecule has 0 heterocycles. The molecule has 0 aromatic heterocycles. The highest BCUT2D eigenvalue weighted by Gasteiger charge is 2.20. The molecule has 0 radical (unpaired) electrons. The van der Waals surface area contributed by atoms with Crippen molar-refractivity contribution in [1.82, 2.24) is 0 Å². The summed E-state index contributed by atoms with van der Waals surface area (Å²) >= 11 is 0. The summed E-state index contributed by atoms with van der Waals surface area (Å²) < 4.78 is 0. The van der Waals surface area contributed by atoms with Crippen LogP contribution in [0.15, 0.2) is 60.7 Å². The number of carboxylic acid groups (broad SMARTS) is 1. The van der Waals surface area contributed by atoms with Gasteiger partial charge in [-0.05, 0) is 30.4 Å². The Morgan fingerprint density at radius 2 is 1.43 bits per heavy atom. The van der Waals surface area contributed by atoms with Gasteiger partial charge in [-0.2, -0.15) is 0 Å². The van der Waals surface area contributed by atoms with Gasteiger partial charge in [-0.15, -0.1) is 0 Å². The number of hydrogen-bond donors (Lipinski definition) is 1. The normalized spacial score (nSPS) is 11.8. The maximum absolute atomic E-state index is 12.1. The summed E-state index contributed by atoms with van der Waals surface area (Å²) in [6.07, 6.45) is 2.57. The third-order valence-corrected chi connectivity index (χ3v) is 3.93. The van der Waals surface area contributed by atoms with Gasteiger partial charge in [0.05, 0.1) is 5.92 Å². The Kier molecular flexibility index (Phi) is 6.55. The number of rotatable bonds is 9. The quantitative estimate of drug-likeness (QED) is 0.764. The van der Waals surface area contributed by atoms with Crippen molar-refractivity contribution in [2.24, 2.45) is 5.92 Å². The molecule has 23 heavy (non-hydrogen) atoms. The van der Waals surface area contributed by atoms with Crippen molar-refractivity contribution in [2.75, 3.05) is 0 Å². The van der Waals surface area contributed by atoms with Crippen LogP contribution in [0.25, 0.3) is 0 Å². The second-order valence-corrected chi connectivity index (χ2v) is 5.82. The van der Waals surface area contributed by atoms with E-state index in [2.05, 4.69) is 0 Å². The Hall–Kier alpha value is -2.42. The summed E-state index contributed by atoms with van der Waals surface area (Å²) in [5.74, 6) is -1.47. The van der Waals surface area contributed by atoms with Gasteiger partial charge >= 0.3 is 5.97 Å². The molecule has 2 rings (SSSR count). The number of benzene rings is 2. The molecule has 0 fully saturated rings. The number of carboxylic acids is 1. The van der Waals surface area contributed by atoms with Crippen molar-refractivity contribution >= 4 is 11.8 Å². The van der Waals surface area contributed by atoms with Gasteiger partial charge < -0.3 is 5.11 Å². The Bertz CT molecular complexity index is 620. The van der Waals surface area contributed by atoms with Gasteiger partial charge in [-0.1, -0.05) is 60.7 Å². The van der Waals surface area contributed by atoms with Gasteiger partial charge in [0, 0.05) is 12.8 Å². The fourth-order valence-electron chi connectivity index (χ4n) is 2.68. The standard InChI is InChI=1S/C20H22O3/c21-19(14-17-10-5-2-6-11-17)15-18(20(22)23)13-7-12-16-8-3-1-4-9-16/h1-6,8-11,18H,7,12-15H2,(H,22,23). The minimum absolute atomic E-state index is 0.0108. The third kappa shape index (κ3) is 6.07. The van der Waals surface area contributed by atoms with E-state index in [1.165, 1.54) is 5.56 Å². The van der Waals surface area contributed by atoms with E-state index in [1.807, 2.05) is 60.7 Å². The van der Waals surface area contributed by atoms with Crippen LogP contribution in [0, 0.1) is 5.92 Å². The molecule has 2 aromatic rings. The molecule has 0 amide bonds. The minimum Gasteiger partial charge on any atom is -0.481 e. The van der Waals surface area contributed by atoms with Crippen LogP contribution in [0.4, 0.5) is 0 Å². The summed E-state index contributed by atoms with van der Waals surface area (Å²) in [6.45, 7) is 0. The Morgan fingerprint density at radius 1 is 0.870 bits per heavy atom. The molecule has 2 aromatic carbocycles. The van der Waals surface area contributed by atoms with Gasteiger partial charge in [-0.3, -0.25) is 9.59 Å². The molecule has 0 aliphatic heterocycles. The monoisotopic (exact) mass is 310 g/mol. The molecule has 0 saturated heterocycles. The molecule has 0 saturated carbocycles. The molecule has 0 bridgehead atoms. The highest BCUT2D eigenvalue weighted by atomic mass is 16.4. The van der Waals surface area contributed by atoms with Crippen LogP contribution < -0.4 is 0 Å². The number of Topliss-reactive ketones (excluding diaryl/α,β-unsaturated/α-hetero) is 1. The van der Waals surface area contributed by atoms with Gasteiger partial charge in [0.2, 0.25) is 0 Å². The lowest BCUT2D eigenvalue weighted by Gasteiger charge is -2.11. The van der Waals surface area contributed by atoms with Gasteiger partial charge in [0.15, 0.2) is 0 Å². The SMILES string of the molecule is O=C(Cc1ccccc1)CC(CCCc1ccccc1)C(=O)O. The zero-order chi connectivity index (χ0) is 16.5. The maximum atomic E-state index is 12.1. The second-order valence-electron chi connectivity index (χ2n) is 5.82. The summed E-state index contributed by atoms with van der Waals surface area (Å²) in [5.41, 5.74) is 2.14. The predicted octanol–water partition coefficient (Wildman–Crippen LogP) is 3.91. The molecule has 0 aliphatic rings. The average molecular weight is 310 g/mol. The first-order valence-electron chi connectivity index (χ1n) is 7.97. The van der Waals surface area contributed by atoms with Crippen molar-refractivity contribution in [1.29, 1.82) is 0 Å². The highest BCUT2D eigenvalue weighted by Crippen LogP contribution is 2.16. The van der Waals surface area contributed by atoms with E-state index in [0.717, 1.165) is 18.4 Å². The number of hydrogen-bond acceptors (Lipinski definition) is 2. The summed E-state index contributed by atoms with van der Waals surface area (Å²) in [4.78, 5) is 23.5. The fourth-order valence-corrected chi connectivity index (χ4v) is 2.68. The smallest absolute Gasteiger partial charge is 0.306 e. The third-order valence-electron chi connectivity index (χ3n) is 3.93. The first kappa shape index (κ1) is 16.9. The maximum Gasteiger partial charge on any atom is 0.306 e. The van der Waals surface area contributed by atoms with E-state index in [-0.39, 0.29) is 12.2 Å². The number of ketones is 1. The lowest BCUT2D eigenvalue weighted by atomic mass is 9.93. The minimum atomic E-state index is -0.875. The molecule has 1 N–H and O–H groups in total. The van der Waals surface area contributed by atoms with Gasteiger partial charge in [0.1, 0.15) is 5.78 Å². The molecule has 0 spiro atoms. The van der Waals surface area contributed by atoms with Crippen LogP contribution in [0.1, 0.15) is 30.4 Å². The van der Waals surface area contributed by atoms with E-state index in [0.29, 0.717) is 12.8 Å². The number of carbonyl (C=O) groups is 2. The molecular formula is C20H22O3. The topological polar surface area (TPSA) is 54.4 Å². The molecule has 1 unspecified atom stereocenters. The number of aliphatic carboxylic acids is 1. The van der Waals surface area contributed by atoms with Crippen LogP contribution in [0.2, 0.25) is 0 Å². The van der Waals surface area contributed by atoms with Crippen LogP contribution >= 0.6 is 0 Å². The van der Waals surface area contributed by atoms with E-state index in [1.54, 1.807) is 0 Å². The summed E-state index contributed by atoms with van der Waals surface area (Å²) in [5, 5.41) is 9.33. The Balaban J connectivity index is 1.81. The van der Waals surface area contributed by atoms with E-state index < -0.39 is 11.9 Å². The lowest BCUT2D eigenvalue weighted by Crippen LogP contribution is -2.19. The number of aryl methyl sites for hydroxylation is 1. The second kappa shape index (κ2) is 8.89. The van der Waals surface area contributed by atoms with Gasteiger partial charge in [0.25, 0.3) is 0 Å². The first-order valence-corrected chi connectivity index (χ1v) is 7.97. The number of carbonyl (C=O) groups excluding carboxylic acids is 1. The zero-order valence-corrected chi connectivity index (χ0v) is 13.2. The Morgan fingerprint density at radius 3 is 2.00 bits per heavy atom. The van der Waals surface area contributed by atoms with E-state index in [9.17, 15) is 14.7 Å². The van der Waals surface area contributed by atoms with Crippen LogP contribution in [-0.4, -0.2) is 16.9 Å². The molecular weight excluding hydrogens is 288 g/mol. The summed E-state index contributed by atoms with van der Waals surface area (Å²) in [7, 11) is 0. The summed E-state index contributed by atoms with van der Waals surface area (Å²) in [6, 6.07) is 19.5. The molecule has 3 heteroatoms. The zero-order valence-electron chi connectivity index (χ0n) is 13.2. The van der Waals surface area contributed by atoms with Crippen molar-refractivity contribution in [3.63, 3.8) is 0 Å². The average Bonchev–Trinajstić information content (AvgIpc) is 2.55. The van der Waals surface area contributed by atoms with Crippen LogP contribution in [0.3, 0.4) is 0 Å². The van der Waals surface area contributed by atoms with Crippen molar-refractivity contribution in [3.8, 4) is 0 Å². The Labute approximate surface area is 137 Å². The molecule has 120 valence electrons.